The van der Waals surface area contributed by atoms with Gasteiger partial charge in [-0.15, -0.1) is 0 Å². The minimum absolute atomic E-state index is 0.0266. The van der Waals surface area contributed by atoms with Gasteiger partial charge in [0.2, 0.25) is 0 Å². The van der Waals surface area contributed by atoms with Crippen molar-refractivity contribution in [2.24, 2.45) is 0 Å². The Morgan fingerprint density at radius 1 is 0.420 bits per heavy atom. The van der Waals surface area contributed by atoms with Crippen LogP contribution in [-0.2, 0) is 0 Å². The summed E-state index contributed by atoms with van der Waals surface area (Å²) in [6.45, 7) is 0. The standard InChI is InChI=1S/C45H28N4O/c1-4-12-29(13-5-1)43-46-44(30-14-6-2-7-15-30)48-45(47-43)33-22-25-42-38(28-33)37-27-32(21-24-41(37)50-42)31-20-23-40-36(26-31)35-18-10-11-19-39(35)49(40)34-16-8-3-9-17-34/h1-28H/i1D,2D,4D,5D,6D,7D,12D,13D,14D,15D. The van der Waals surface area contributed by atoms with Gasteiger partial charge in [0, 0.05) is 43.9 Å². The number of hydrogen-bond acceptors (Lipinski definition) is 4. The summed E-state index contributed by atoms with van der Waals surface area (Å²) in [5, 5.41) is 3.73. The average Bonchev–Trinajstić information content (AvgIpc) is 3.81. The van der Waals surface area contributed by atoms with Crippen molar-refractivity contribution >= 4 is 43.7 Å². The van der Waals surface area contributed by atoms with Crippen LogP contribution in [-0.4, -0.2) is 19.5 Å². The first kappa shape index (κ1) is 19.8. The number of benzene rings is 7. The van der Waals surface area contributed by atoms with Gasteiger partial charge in [0.15, 0.2) is 17.5 Å². The molecule has 0 aliphatic heterocycles. The molecule has 0 bridgehead atoms. The Bertz CT molecular complexity index is 3310. The van der Waals surface area contributed by atoms with Gasteiger partial charge in [-0.25, -0.2) is 15.0 Å². The molecule has 0 fully saturated rings. The van der Waals surface area contributed by atoms with Gasteiger partial charge in [0.1, 0.15) is 11.2 Å². The maximum atomic E-state index is 8.65. The molecule has 0 saturated heterocycles. The van der Waals surface area contributed by atoms with E-state index < -0.39 is 60.4 Å². The van der Waals surface area contributed by atoms with Crippen LogP contribution in [0.2, 0.25) is 0 Å². The van der Waals surface area contributed by atoms with Crippen LogP contribution in [0.25, 0.3) is 94.7 Å². The van der Waals surface area contributed by atoms with Crippen molar-refractivity contribution in [2.45, 2.75) is 0 Å². The Kier molecular flexibility index (Phi) is 4.52. The molecule has 0 radical (unpaired) electrons. The highest BCUT2D eigenvalue weighted by Gasteiger charge is 2.17. The average molecular weight is 651 g/mol. The fraction of sp³-hybridized carbons (Fsp3) is 0. The molecule has 5 nitrogen and oxygen atoms in total. The molecule has 3 aromatic heterocycles. The van der Waals surface area contributed by atoms with E-state index in [1.54, 1.807) is 18.2 Å². The normalized spacial score (nSPS) is 14.4. The Morgan fingerprint density at radius 2 is 0.920 bits per heavy atom. The van der Waals surface area contributed by atoms with Crippen LogP contribution in [0.5, 0.6) is 0 Å². The van der Waals surface area contributed by atoms with Gasteiger partial charge in [0.05, 0.1) is 24.7 Å². The zero-order valence-electron chi connectivity index (χ0n) is 36.1. The maximum Gasteiger partial charge on any atom is 0.164 e. The summed E-state index contributed by atoms with van der Waals surface area (Å²) in [5.41, 5.74) is 6.13. The van der Waals surface area contributed by atoms with Crippen molar-refractivity contribution in [3.05, 3.63) is 170 Å². The van der Waals surface area contributed by atoms with Gasteiger partial charge in [-0.05, 0) is 71.8 Å². The molecule has 0 unspecified atom stereocenters. The summed E-state index contributed by atoms with van der Waals surface area (Å²) in [4.78, 5) is 13.6. The molecule has 10 aromatic rings. The molecule has 0 spiro atoms. The lowest BCUT2D eigenvalue weighted by Gasteiger charge is -2.08. The number of nitrogens with zero attached hydrogens (tertiary/aromatic N) is 4. The monoisotopic (exact) mass is 650 g/mol. The molecule has 0 aliphatic rings. The lowest BCUT2D eigenvalue weighted by atomic mass is 10.00. The number of fused-ring (bicyclic) bond motifs is 6. The Labute approximate surface area is 301 Å². The largest absolute Gasteiger partial charge is 0.456 e. The number of para-hydroxylation sites is 2. The molecule has 0 N–H and O–H groups in total. The molecule has 0 aliphatic carbocycles. The SMILES string of the molecule is [2H]c1c([2H])c([2H])c(-c2nc(-c3ccc4oc5ccc(-c6ccc7c(c6)c6ccccc6n7-c6ccccc6)cc5c4c3)nc(-c3c([2H])c([2H])c([2H])c([2H])c3[2H])n2)c([2H])c1[2H]. The van der Waals surface area contributed by atoms with E-state index in [0.717, 1.165) is 44.0 Å². The van der Waals surface area contributed by atoms with E-state index in [9.17, 15) is 0 Å². The first-order valence-corrected chi connectivity index (χ1v) is 15.9. The molecule has 0 saturated carbocycles. The zero-order chi connectivity index (χ0) is 41.7. The third-order valence-corrected chi connectivity index (χ3v) is 8.83. The molecule has 3 heterocycles. The highest BCUT2D eigenvalue weighted by molar-refractivity contribution is 6.11. The van der Waals surface area contributed by atoms with Gasteiger partial charge >= 0.3 is 0 Å². The third kappa shape index (κ3) is 4.67. The van der Waals surface area contributed by atoms with Crippen LogP contribution in [0.15, 0.2) is 174 Å². The second kappa shape index (κ2) is 11.4. The summed E-state index contributed by atoms with van der Waals surface area (Å²) in [6, 6.07) is 30.3. The summed E-state index contributed by atoms with van der Waals surface area (Å²) in [6.07, 6.45) is 0. The molecular weight excluding hydrogens is 613 g/mol. The first-order chi connectivity index (χ1) is 28.9. The first-order valence-electron chi connectivity index (χ1n) is 20.9. The molecular formula is C45H28N4O. The molecule has 7 aromatic carbocycles. The van der Waals surface area contributed by atoms with E-state index in [1.807, 2.05) is 48.5 Å². The van der Waals surface area contributed by atoms with E-state index in [4.69, 9.17) is 18.1 Å². The van der Waals surface area contributed by atoms with Gasteiger partial charge in [-0.2, -0.15) is 0 Å². The van der Waals surface area contributed by atoms with E-state index in [-0.39, 0.29) is 28.6 Å². The quantitative estimate of drug-likeness (QED) is 0.186. The van der Waals surface area contributed by atoms with Crippen molar-refractivity contribution < 1.29 is 18.1 Å². The highest BCUT2D eigenvalue weighted by atomic mass is 16.3. The van der Waals surface area contributed by atoms with Crippen LogP contribution in [0, 0.1) is 0 Å². The fourth-order valence-corrected chi connectivity index (χ4v) is 6.56. The summed E-state index contributed by atoms with van der Waals surface area (Å²) < 4.78 is 92.5. The van der Waals surface area contributed by atoms with E-state index in [2.05, 4.69) is 62.0 Å². The van der Waals surface area contributed by atoms with E-state index >= 15 is 0 Å². The molecule has 50 heavy (non-hydrogen) atoms. The lowest BCUT2D eigenvalue weighted by molar-refractivity contribution is 0.669. The lowest BCUT2D eigenvalue weighted by Crippen LogP contribution is -2.00. The van der Waals surface area contributed by atoms with Gasteiger partial charge in [0.25, 0.3) is 0 Å². The molecule has 10 rings (SSSR count). The second-order valence-electron chi connectivity index (χ2n) is 11.8. The number of aromatic nitrogens is 4. The fourth-order valence-electron chi connectivity index (χ4n) is 6.56. The Hall–Kier alpha value is -6.85. The van der Waals surface area contributed by atoms with Crippen molar-refractivity contribution in [1.29, 1.82) is 0 Å². The molecule has 5 heteroatoms. The van der Waals surface area contributed by atoms with Gasteiger partial charge < -0.3 is 8.98 Å². The Balaban J connectivity index is 1.16. The van der Waals surface area contributed by atoms with Crippen LogP contribution in [0.1, 0.15) is 13.7 Å². The summed E-state index contributed by atoms with van der Waals surface area (Å²) >= 11 is 0. The van der Waals surface area contributed by atoms with Crippen LogP contribution >= 0.6 is 0 Å². The third-order valence-electron chi connectivity index (χ3n) is 8.83. The molecule has 234 valence electrons. The summed E-state index contributed by atoms with van der Waals surface area (Å²) in [7, 11) is 0. The zero-order valence-corrected chi connectivity index (χ0v) is 26.1. The smallest absolute Gasteiger partial charge is 0.164 e. The summed E-state index contributed by atoms with van der Waals surface area (Å²) in [5.74, 6) is -0.689. The van der Waals surface area contributed by atoms with Gasteiger partial charge in [-0.1, -0.05) is 109 Å². The number of furan rings is 1. The predicted octanol–water partition coefficient (Wildman–Crippen LogP) is 11.5. The number of hydrogen-bond donors (Lipinski definition) is 0. The topological polar surface area (TPSA) is 56.7 Å². The van der Waals surface area contributed by atoms with Crippen LogP contribution in [0.3, 0.4) is 0 Å². The number of rotatable bonds is 5. The van der Waals surface area contributed by atoms with Crippen molar-refractivity contribution in [1.82, 2.24) is 19.5 Å². The minimum Gasteiger partial charge on any atom is -0.456 e. The highest BCUT2D eigenvalue weighted by Crippen LogP contribution is 2.38. The second-order valence-corrected chi connectivity index (χ2v) is 11.8. The van der Waals surface area contributed by atoms with Crippen molar-refractivity contribution in [3.8, 4) is 51.0 Å². The van der Waals surface area contributed by atoms with E-state index in [1.165, 1.54) is 0 Å². The van der Waals surface area contributed by atoms with Crippen molar-refractivity contribution in [3.63, 3.8) is 0 Å². The molecule has 0 atom stereocenters. The van der Waals surface area contributed by atoms with E-state index in [0.29, 0.717) is 22.1 Å². The molecule has 0 amide bonds. The predicted molar refractivity (Wildman–Crippen MR) is 203 cm³/mol. The maximum absolute atomic E-state index is 8.65. The Morgan fingerprint density at radius 3 is 1.58 bits per heavy atom. The minimum atomic E-state index is -0.611. The van der Waals surface area contributed by atoms with Crippen molar-refractivity contribution in [2.75, 3.05) is 0 Å². The van der Waals surface area contributed by atoms with Gasteiger partial charge in [-0.3, -0.25) is 0 Å². The van der Waals surface area contributed by atoms with Crippen LogP contribution in [0.4, 0.5) is 0 Å². The van der Waals surface area contributed by atoms with Crippen LogP contribution < -0.4 is 0 Å².